The monoisotopic (exact) mass is 1170 g/mol. The highest BCUT2D eigenvalue weighted by Crippen LogP contribution is 2.27. The van der Waals surface area contributed by atoms with Crippen LogP contribution in [0.5, 0.6) is 5.75 Å². The zero-order valence-corrected chi connectivity index (χ0v) is 46.6. The molecule has 3 aliphatic rings. The van der Waals surface area contributed by atoms with Crippen LogP contribution in [0.3, 0.4) is 0 Å². The van der Waals surface area contributed by atoms with Gasteiger partial charge in [0.2, 0.25) is 47.3 Å². The Kier molecular flexibility index (Phi) is 26.7. The fourth-order valence-electron chi connectivity index (χ4n) is 10.1. The quantitative estimate of drug-likeness (QED) is 0.0466. The van der Waals surface area contributed by atoms with Crippen LogP contribution in [0.15, 0.2) is 24.3 Å². The van der Waals surface area contributed by atoms with Gasteiger partial charge in [-0.25, -0.2) is 4.79 Å². The van der Waals surface area contributed by atoms with E-state index in [0.717, 1.165) is 74.6 Å². The van der Waals surface area contributed by atoms with Gasteiger partial charge >= 0.3 is 12.1 Å². The zero-order valence-electron chi connectivity index (χ0n) is 46.6. The van der Waals surface area contributed by atoms with Crippen molar-refractivity contribution in [1.82, 2.24) is 41.7 Å². The SMILES string of the molecule is CCC(C)CC(C)CCCCCCCCC(=O)N[C@H]1C[C@@H](O)[C@@H](O)NC(=O)[C@@H]2[C@@H](O)CCN2C(=O)[C@H]([C@@H](O)CC(N)=O)NC(=O)[C@H]([C@H](O)[C@@H](O)c2ccc(OC(=O)NCC(=O)O)cc2)NC(=O)[C@@H]2C[C@@H](O)CN2C(=O)[C@H]([C@H](C)O)NC1=O. The minimum atomic E-state index is -2.48. The Labute approximate surface area is 474 Å². The fraction of sp³-hybridized carbons (Fsp3) is 0.698. The molecule has 29 nitrogen and oxygen atoms in total. The Balaban J connectivity index is 1.71. The Hall–Kier alpha value is -6.60. The molecule has 3 heterocycles. The van der Waals surface area contributed by atoms with Gasteiger partial charge in [-0.05, 0) is 55.7 Å². The number of unbranched alkanes of at least 4 members (excludes halogenated alkanes) is 5. The molecule has 17 N–H and O–H groups in total. The van der Waals surface area contributed by atoms with Crippen LogP contribution in [0, 0.1) is 11.8 Å². The number of benzene rings is 1. The molecule has 29 heteroatoms. The molecule has 1 aromatic rings. The van der Waals surface area contributed by atoms with Crippen molar-refractivity contribution < 1.29 is 98.6 Å². The number of ether oxygens (including phenoxy) is 1. The summed E-state index contributed by atoms with van der Waals surface area (Å²) in [6, 6.07) is -7.97. The lowest BCUT2D eigenvalue weighted by atomic mass is 9.91. The van der Waals surface area contributed by atoms with E-state index in [1.54, 1.807) is 0 Å². The number of hydrogen-bond donors (Lipinski definition) is 16. The van der Waals surface area contributed by atoms with Gasteiger partial charge in [0.05, 0.1) is 30.8 Å². The molecule has 0 aromatic heterocycles. The van der Waals surface area contributed by atoms with E-state index in [-0.39, 0.29) is 24.2 Å². The molecule has 3 fully saturated rings. The second-order valence-electron chi connectivity index (χ2n) is 21.7. The average Bonchev–Trinajstić information content (AvgIpc) is 4.24. The first-order valence-corrected chi connectivity index (χ1v) is 27.8. The number of carboxylic acid groups (broad SMARTS) is 1. The molecule has 0 bridgehead atoms. The Bertz CT molecular complexity index is 2370. The molecular formula is C53H83N9O20. The summed E-state index contributed by atoms with van der Waals surface area (Å²) in [5.41, 5.74) is 5.11. The summed E-state index contributed by atoms with van der Waals surface area (Å²) in [4.78, 5) is 136. The van der Waals surface area contributed by atoms with Gasteiger partial charge in [-0.15, -0.1) is 0 Å². The molecule has 3 saturated heterocycles. The third-order valence-electron chi connectivity index (χ3n) is 14.9. The van der Waals surface area contributed by atoms with Crippen LogP contribution in [0.25, 0.3) is 0 Å². The third-order valence-corrected chi connectivity index (χ3v) is 14.9. The van der Waals surface area contributed by atoms with E-state index in [4.69, 9.17) is 15.6 Å². The van der Waals surface area contributed by atoms with Crippen LogP contribution >= 0.6 is 0 Å². The number of primary amides is 1. The summed E-state index contributed by atoms with van der Waals surface area (Å²) in [6.07, 6.45) is -12.2. The van der Waals surface area contributed by atoms with Crippen molar-refractivity contribution in [3.8, 4) is 5.75 Å². The lowest BCUT2D eigenvalue weighted by Crippen LogP contribution is -2.64. The maximum Gasteiger partial charge on any atom is 0.413 e. The van der Waals surface area contributed by atoms with Gasteiger partial charge in [0.15, 0.2) is 6.23 Å². The summed E-state index contributed by atoms with van der Waals surface area (Å²) in [6.45, 7) is 5.83. The number of carbonyl (C=O) groups excluding carboxylic acids is 9. The topological polar surface area (TPSA) is 467 Å². The van der Waals surface area contributed by atoms with Crippen LogP contribution in [-0.2, 0) is 43.2 Å². The summed E-state index contributed by atoms with van der Waals surface area (Å²) in [7, 11) is 0. The van der Waals surface area contributed by atoms with Crippen molar-refractivity contribution >= 4 is 59.3 Å². The number of nitrogens with zero attached hydrogens (tertiary/aromatic N) is 2. The van der Waals surface area contributed by atoms with E-state index < -0.39 is 183 Å². The number of rotatable bonds is 23. The van der Waals surface area contributed by atoms with Crippen molar-refractivity contribution in [3.63, 3.8) is 0 Å². The first-order chi connectivity index (χ1) is 38.6. The fourth-order valence-corrected chi connectivity index (χ4v) is 10.1. The van der Waals surface area contributed by atoms with E-state index >= 15 is 0 Å². The molecule has 0 aliphatic carbocycles. The van der Waals surface area contributed by atoms with Crippen LogP contribution in [-0.4, -0.2) is 214 Å². The summed E-state index contributed by atoms with van der Waals surface area (Å²) in [5, 5.41) is 112. The van der Waals surface area contributed by atoms with E-state index in [1.807, 2.05) is 10.6 Å². The van der Waals surface area contributed by atoms with Gasteiger partial charge in [-0.1, -0.05) is 77.8 Å². The van der Waals surface area contributed by atoms with Gasteiger partial charge in [-0.2, -0.15) is 0 Å². The zero-order chi connectivity index (χ0) is 61.1. The van der Waals surface area contributed by atoms with E-state index in [9.17, 15) is 88.8 Å². The molecule has 3 aliphatic heterocycles. The molecule has 16 atom stereocenters. The molecule has 0 saturated carbocycles. The molecule has 9 amide bonds. The molecule has 460 valence electrons. The highest BCUT2D eigenvalue weighted by molar-refractivity contribution is 5.98. The number of nitrogens with two attached hydrogens (primary N) is 1. The second-order valence-corrected chi connectivity index (χ2v) is 21.7. The summed E-state index contributed by atoms with van der Waals surface area (Å²) < 4.78 is 4.98. The number of aliphatic hydroxyl groups excluding tert-OH is 8. The lowest BCUT2D eigenvalue weighted by Gasteiger charge is -2.34. The largest absolute Gasteiger partial charge is 0.480 e. The smallest absolute Gasteiger partial charge is 0.413 e. The number of hydrogen-bond acceptors (Lipinski definition) is 19. The van der Waals surface area contributed by atoms with Crippen molar-refractivity contribution in [2.75, 3.05) is 19.6 Å². The first kappa shape index (κ1) is 67.9. The van der Waals surface area contributed by atoms with E-state index in [2.05, 4.69) is 42.0 Å². The van der Waals surface area contributed by atoms with Gasteiger partial charge in [0.25, 0.3) is 0 Å². The standard InChI is InChI=1S/C53H83N9O20/c1-5-26(2)20-27(3)12-10-8-6-7-9-11-13-38(69)56-32-22-36(67)48(76)60-50(78)43-34(65)18-19-61(43)52(80)41(35(66)23-37(54)68)58-49(77)42(45(73)44(72)29-14-16-31(17-15-29)82-53(81)55-24-39(70)71)59-47(75)33-21-30(64)25-62(33)51(79)40(28(4)63)57-46(32)74/h14-17,26-28,30,32-36,40-45,48,63-67,72-73,76H,5-13,18-25H2,1-4H3,(H2,54,68)(H,55,81)(H,56,69)(H,57,74)(H,58,77)(H,59,75)(H,60,78)(H,70,71)/t26?,27?,28-,30+,32-,33-,34-,35-,36+,40-,41-,42-,43-,44-,45-,48+/m0/s1. The first-order valence-electron chi connectivity index (χ1n) is 27.8. The van der Waals surface area contributed by atoms with Crippen molar-refractivity contribution in [1.29, 1.82) is 0 Å². The van der Waals surface area contributed by atoms with Crippen molar-refractivity contribution in [2.45, 2.75) is 203 Å². The van der Waals surface area contributed by atoms with E-state index in [0.29, 0.717) is 29.6 Å². The lowest BCUT2D eigenvalue weighted by molar-refractivity contribution is -0.149. The van der Waals surface area contributed by atoms with E-state index in [1.165, 1.54) is 6.42 Å². The second kappa shape index (κ2) is 32.3. The maximum atomic E-state index is 14.5. The van der Waals surface area contributed by atoms with Gasteiger partial charge in [0, 0.05) is 32.4 Å². The molecular weight excluding hydrogens is 1080 g/mol. The minimum absolute atomic E-state index is 0.103. The van der Waals surface area contributed by atoms with Crippen LogP contribution in [0.4, 0.5) is 4.79 Å². The van der Waals surface area contributed by atoms with Crippen LogP contribution in [0.1, 0.15) is 129 Å². The maximum absolute atomic E-state index is 14.5. The molecule has 4 rings (SSSR count). The number of nitrogens with one attached hydrogen (secondary N) is 6. The van der Waals surface area contributed by atoms with Gasteiger partial charge < -0.3 is 98.1 Å². The number of fused-ring (bicyclic) bond motifs is 2. The summed E-state index contributed by atoms with van der Waals surface area (Å²) >= 11 is 0. The van der Waals surface area contributed by atoms with Crippen LogP contribution < -0.4 is 42.4 Å². The van der Waals surface area contributed by atoms with Crippen molar-refractivity contribution in [3.05, 3.63) is 29.8 Å². The Morgan fingerprint density at radius 1 is 0.732 bits per heavy atom. The van der Waals surface area contributed by atoms with Crippen molar-refractivity contribution in [2.24, 2.45) is 17.6 Å². The number of aliphatic carboxylic acids is 1. The number of carboxylic acids is 1. The Morgan fingerprint density at radius 3 is 1.96 bits per heavy atom. The predicted octanol–water partition coefficient (Wildman–Crippen LogP) is -3.87. The highest BCUT2D eigenvalue weighted by atomic mass is 16.6. The predicted molar refractivity (Wildman–Crippen MR) is 285 cm³/mol. The van der Waals surface area contributed by atoms with Gasteiger partial charge in [0.1, 0.15) is 66.9 Å². The molecule has 0 radical (unpaired) electrons. The minimum Gasteiger partial charge on any atom is -0.480 e. The Morgan fingerprint density at radius 2 is 1.34 bits per heavy atom. The number of carbonyl (C=O) groups is 10. The average molecular weight is 1170 g/mol. The highest BCUT2D eigenvalue weighted by Gasteiger charge is 2.49. The third kappa shape index (κ3) is 20.1. The number of amides is 9. The number of aliphatic hydroxyl groups is 8. The molecule has 1 aromatic carbocycles. The normalized spacial score (nSPS) is 27.4. The molecule has 0 spiro atoms. The van der Waals surface area contributed by atoms with Gasteiger partial charge in [-0.3, -0.25) is 43.2 Å². The molecule has 2 unspecified atom stereocenters. The van der Waals surface area contributed by atoms with Crippen LogP contribution in [0.2, 0.25) is 0 Å². The molecule has 82 heavy (non-hydrogen) atoms. The summed E-state index contributed by atoms with van der Waals surface area (Å²) in [5.74, 6) is -10.3.